The second kappa shape index (κ2) is 5.17. The first-order chi connectivity index (χ1) is 9.67. The van der Waals surface area contributed by atoms with Gasteiger partial charge in [-0.05, 0) is 36.5 Å². The van der Waals surface area contributed by atoms with Gasteiger partial charge in [0.05, 0.1) is 5.69 Å². The lowest BCUT2D eigenvalue weighted by molar-refractivity contribution is 0.492. The normalized spacial score (nSPS) is 21.2. The van der Waals surface area contributed by atoms with Crippen molar-refractivity contribution in [3.8, 4) is 0 Å². The number of nitrogens with two attached hydrogens (primary N) is 1. The molecule has 20 heavy (non-hydrogen) atoms. The third kappa shape index (κ3) is 2.36. The molecule has 0 aliphatic heterocycles. The zero-order valence-corrected chi connectivity index (χ0v) is 11.4. The Morgan fingerprint density at radius 1 is 1.30 bits per heavy atom. The van der Waals surface area contributed by atoms with Gasteiger partial charge in [-0.25, -0.2) is 9.97 Å². The number of rotatable bonds is 2. The van der Waals surface area contributed by atoms with Gasteiger partial charge in [0.2, 0.25) is 5.95 Å². The van der Waals surface area contributed by atoms with Gasteiger partial charge in [-0.3, -0.25) is 0 Å². The van der Waals surface area contributed by atoms with Gasteiger partial charge in [0.25, 0.3) is 0 Å². The van der Waals surface area contributed by atoms with Crippen LogP contribution in [0.2, 0.25) is 5.02 Å². The van der Waals surface area contributed by atoms with E-state index in [1.165, 1.54) is 0 Å². The Morgan fingerprint density at radius 2 is 2.05 bits per heavy atom. The second-order valence-corrected chi connectivity index (χ2v) is 5.38. The van der Waals surface area contributed by atoms with E-state index in [9.17, 15) is 4.91 Å². The minimum absolute atomic E-state index is 0.191. The fraction of sp³-hybridized carbons (Fsp3) is 0.286. The lowest BCUT2D eigenvalue weighted by Crippen LogP contribution is -2.19. The van der Waals surface area contributed by atoms with E-state index >= 15 is 0 Å². The van der Waals surface area contributed by atoms with Crippen molar-refractivity contribution < 1.29 is 0 Å². The van der Waals surface area contributed by atoms with Crippen LogP contribution in [0.4, 0.5) is 5.95 Å². The van der Waals surface area contributed by atoms with Crippen LogP contribution in [0.15, 0.2) is 35.6 Å². The summed E-state index contributed by atoms with van der Waals surface area (Å²) in [4.78, 5) is 19.3. The number of benzene rings is 1. The molecule has 5 nitrogen and oxygen atoms in total. The Labute approximate surface area is 121 Å². The summed E-state index contributed by atoms with van der Waals surface area (Å²) < 4.78 is 0. The average molecular weight is 289 g/mol. The van der Waals surface area contributed by atoms with E-state index in [1.54, 1.807) is 6.20 Å². The molecule has 2 N–H and O–H groups in total. The molecule has 102 valence electrons. The van der Waals surface area contributed by atoms with Crippen molar-refractivity contribution in [1.29, 1.82) is 0 Å². The number of halogens is 1. The van der Waals surface area contributed by atoms with E-state index in [4.69, 9.17) is 17.3 Å². The second-order valence-electron chi connectivity index (χ2n) is 4.94. The number of fused-ring (bicyclic) bond motifs is 1. The number of hydrogen-bond donors (Lipinski definition) is 1. The van der Waals surface area contributed by atoms with Gasteiger partial charge >= 0.3 is 0 Å². The van der Waals surface area contributed by atoms with Crippen molar-refractivity contribution in [1.82, 2.24) is 9.97 Å². The highest BCUT2D eigenvalue weighted by Crippen LogP contribution is 2.39. The summed E-state index contributed by atoms with van der Waals surface area (Å²) in [6.45, 7) is 0. The molecule has 1 aromatic carbocycles. The van der Waals surface area contributed by atoms with Crippen LogP contribution in [-0.2, 0) is 6.42 Å². The summed E-state index contributed by atoms with van der Waals surface area (Å²) in [5, 5.41) is 3.91. The van der Waals surface area contributed by atoms with Gasteiger partial charge in [-0.2, -0.15) is 4.91 Å². The van der Waals surface area contributed by atoms with E-state index in [0.29, 0.717) is 11.4 Å². The van der Waals surface area contributed by atoms with Crippen LogP contribution in [0.3, 0.4) is 0 Å². The predicted octanol–water partition coefficient (Wildman–Crippen LogP) is 3.25. The first-order valence-electron chi connectivity index (χ1n) is 6.36. The van der Waals surface area contributed by atoms with Crippen LogP contribution in [-0.4, -0.2) is 9.97 Å². The first kappa shape index (κ1) is 13.0. The molecule has 1 aromatic heterocycles. The van der Waals surface area contributed by atoms with Gasteiger partial charge in [0.15, 0.2) is 0 Å². The lowest BCUT2D eigenvalue weighted by atomic mass is 9.80. The SMILES string of the molecule is Nc1ncc2c(n1)CC(c1ccc(Cl)cc1)CC2N=O. The Kier molecular flexibility index (Phi) is 3.36. The molecular formula is C14H13ClN4O. The van der Waals surface area contributed by atoms with Crippen LogP contribution >= 0.6 is 11.6 Å². The number of nitrogens with zero attached hydrogens (tertiary/aromatic N) is 3. The molecule has 0 saturated carbocycles. The molecule has 1 heterocycles. The molecule has 0 bridgehead atoms. The Balaban J connectivity index is 1.97. The summed E-state index contributed by atoms with van der Waals surface area (Å²) >= 11 is 5.90. The van der Waals surface area contributed by atoms with Gasteiger partial charge in [0.1, 0.15) is 6.04 Å². The molecule has 0 radical (unpaired) electrons. The quantitative estimate of drug-likeness (QED) is 0.860. The van der Waals surface area contributed by atoms with Gasteiger partial charge < -0.3 is 5.73 Å². The predicted molar refractivity (Wildman–Crippen MR) is 77.5 cm³/mol. The highest BCUT2D eigenvalue weighted by Gasteiger charge is 2.30. The highest BCUT2D eigenvalue weighted by molar-refractivity contribution is 6.30. The topological polar surface area (TPSA) is 81.2 Å². The number of hydrogen-bond acceptors (Lipinski definition) is 5. The van der Waals surface area contributed by atoms with Gasteiger partial charge in [0, 0.05) is 16.8 Å². The van der Waals surface area contributed by atoms with Crippen LogP contribution in [0, 0.1) is 4.91 Å². The fourth-order valence-electron chi connectivity index (χ4n) is 2.69. The molecule has 6 heteroatoms. The van der Waals surface area contributed by atoms with E-state index < -0.39 is 6.04 Å². The maximum Gasteiger partial charge on any atom is 0.220 e. The summed E-state index contributed by atoms with van der Waals surface area (Å²) in [6.07, 6.45) is 3.00. The average Bonchev–Trinajstić information content (AvgIpc) is 2.46. The Bertz CT molecular complexity index is 644. The summed E-state index contributed by atoms with van der Waals surface area (Å²) in [5.74, 6) is 0.418. The highest BCUT2D eigenvalue weighted by atomic mass is 35.5. The first-order valence-corrected chi connectivity index (χ1v) is 6.74. The Hall–Kier alpha value is -2.01. The van der Waals surface area contributed by atoms with Crippen molar-refractivity contribution in [2.45, 2.75) is 24.8 Å². The minimum Gasteiger partial charge on any atom is -0.368 e. The number of aromatic nitrogens is 2. The molecule has 3 rings (SSSR count). The Morgan fingerprint density at radius 3 is 2.75 bits per heavy atom. The van der Waals surface area contributed by atoms with Crippen molar-refractivity contribution in [2.75, 3.05) is 5.73 Å². The zero-order chi connectivity index (χ0) is 14.1. The van der Waals surface area contributed by atoms with Gasteiger partial charge in [-0.15, -0.1) is 0 Å². The number of nitroso groups, excluding NO2 is 1. The maximum absolute atomic E-state index is 11.1. The molecule has 0 spiro atoms. The molecule has 0 amide bonds. The third-order valence-corrected chi connectivity index (χ3v) is 3.95. The summed E-state index contributed by atoms with van der Waals surface area (Å²) in [7, 11) is 0. The van der Waals surface area contributed by atoms with E-state index in [2.05, 4.69) is 15.1 Å². The van der Waals surface area contributed by atoms with Gasteiger partial charge in [-0.1, -0.05) is 28.9 Å². The van der Waals surface area contributed by atoms with Crippen molar-refractivity contribution in [3.63, 3.8) is 0 Å². The monoisotopic (exact) mass is 288 g/mol. The van der Waals surface area contributed by atoms with Crippen LogP contribution < -0.4 is 5.73 Å². The van der Waals surface area contributed by atoms with Crippen molar-refractivity contribution in [2.24, 2.45) is 5.18 Å². The number of nitrogen functional groups attached to an aromatic ring is 1. The largest absolute Gasteiger partial charge is 0.368 e. The molecular weight excluding hydrogens is 276 g/mol. The molecule has 1 aliphatic carbocycles. The van der Waals surface area contributed by atoms with E-state index in [0.717, 1.165) is 23.2 Å². The van der Waals surface area contributed by atoms with E-state index in [1.807, 2.05) is 24.3 Å². The molecule has 2 aromatic rings. The molecule has 2 unspecified atom stereocenters. The summed E-state index contributed by atoms with van der Waals surface area (Å²) in [5.41, 5.74) is 8.36. The fourth-order valence-corrected chi connectivity index (χ4v) is 2.81. The van der Waals surface area contributed by atoms with E-state index in [-0.39, 0.29) is 11.9 Å². The zero-order valence-electron chi connectivity index (χ0n) is 10.7. The minimum atomic E-state index is -0.417. The third-order valence-electron chi connectivity index (χ3n) is 3.69. The lowest BCUT2D eigenvalue weighted by Gasteiger charge is -2.27. The smallest absolute Gasteiger partial charge is 0.220 e. The van der Waals surface area contributed by atoms with Crippen molar-refractivity contribution >= 4 is 17.5 Å². The van der Waals surface area contributed by atoms with Crippen LogP contribution in [0.5, 0.6) is 0 Å². The van der Waals surface area contributed by atoms with Crippen LogP contribution in [0.25, 0.3) is 0 Å². The molecule has 2 atom stereocenters. The molecule has 1 aliphatic rings. The standard InChI is InChI=1S/C14H13ClN4O/c15-10-3-1-8(2-4-10)9-5-12-11(13(6-9)19-20)7-17-14(16)18-12/h1-4,7,9,13H,5-6H2,(H2,16,17,18). The summed E-state index contributed by atoms with van der Waals surface area (Å²) in [6, 6.07) is 7.24. The maximum atomic E-state index is 11.1. The molecule has 0 fully saturated rings. The van der Waals surface area contributed by atoms with Crippen LogP contribution in [0.1, 0.15) is 35.2 Å². The number of anilines is 1. The molecule has 0 saturated heterocycles. The van der Waals surface area contributed by atoms with Crippen molar-refractivity contribution in [3.05, 3.63) is 57.2 Å².